The van der Waals surface area contributed by atoms with Crippen molar-refractivity contribution in [1.82, 2.24) is 5.32 Å². The first-order chi connectivity index (χ1) is 29.5. The first-order valence-electron chi connectivity index (χ1n) is 26.2. The summed E-state index contributed by atoms with van der Waals surface area (Å²) in [5, 5.41) is 23.7. The quantitative estimate of drug-likeness (QED) is 0.0322. The van der Waals surface area contributed by atoms with E-state index < -0.39 is 18.2 Å². The zero-order valence-corrected chi connectivity index (χ0v) is 40.1. The van der Waals surface area contributed by atoms with E-state index in [1.54, 1.807) is 0 Å². The number of carbonyl (C=O) groups excluding carboxylic acids is 2. The fourth-order valence-corrected chi connectivity index (χ4v) is 7.91. The molecule has 3 atom stereocenters. The molecule has 0 spiro atoms. The first kappa shape index (κ1) is 58.1. The number of rotatable bonds is 47. The number of carbonyl (C=O) groups is 2. The van der Waals surface area contributed by atoms with Crippen LogP contribution in [0.3, 0.4) is 0 Å². The Bertz CT molecular complexity index is 993. The Labute approximate surface area is 373 Å². The maximum Gasteiger partial charge on any atom is 0.306 e. The van der Waals surface area contributed by atoms with Crippen LogP contribution in [0, 0.1) is 0 Å². The molecular formula is C54H101NO5. The second-order valence-corrected chi connectivity index (χ2v) is 17.9. The Morgan fingerprint density at radius 2 is 0.867 bits per heavy atom. The van der Waals surface area contributed by atoms with Gasteiger partial charge in [-0.15, -0.1) is 0 Å². The third-order valence-corrected chi connectivity index (χ3v) is 11.9. The lowest BCUT2D eigenvalue weighted by atomic mass is 10.0. The van der Waals surface area contributed by atoms with Gasteiger partial charge in [0.1, 0.15) is 6.10 Å². The van der Waals surface area contributed by atoms with Gasteiger partial charge >= 0.3 is 5.97 Å². The summed E-state index contributed by atoms with van der Waals surface area (Å²) >= 11 is 0. The minimum Gasteiger partial charge on any atom is -0.462 e. The summed E-state index contributed by atoms with van der Waals surface area (Å²) in [5.41, 5.74) is 0. The number of allylic oxidation sites excluding steroid dienone is 6. The van der Waals surface area contributed by atoms with Crippen LogP contribution in [-0.2, 0) is 14.3 Å². The van der Waals surface area contributed by atoms with E-state index in [-0.39, 0.29) is 24.9 Å². The summed E-state index contributed by atoms with van der Waals surface area (Å²) < 4.78 is 5.91. The van der Waals surface area contributed by atoms with Crippen molar-refractivity contribution in [2.24, 2.45) is 0 Å². The Kier molecular flexibility index (Phi) is 46.6. The highest BCUT2D eigenvalue weighted by Gasteiger charge is 2.24. The Hall–Kier alpha value is -1.92. The summed E-state index contributed by atoms with van der Waals surface area (Å²) in [6, 6.07) is -0.703. The van der Waals surface area contributed by atoms with E-state index >= 15 is 0 Å². The predicted molar refractivity (Wildman–Crippen MR) is 259 cm³/mol. The molecule has 0 fully saturated rings. The van der Waals surface area contributed by atoms with Crippen LogP contribution in [0.25, 0.3) is 0 Å². The van der Waals surface area contributed by atoms with Gasteiger partial charge in [-0.05, 0) is 77.0 Å². The third-order valence-electron chi connectivity index (χ3n) is 11.9. The van der Waals surface area contributed by atoms with Crippen molar-refractivity contribution in [2.75, 3.05) is 6.61 Å². The molecule has 6 nitrogen and oxygen atoms in total. The monoisotopic (exact) mass is 844 g/mol. The van der Waals surface area contributed by atoms with E-state index in [1.165, 1.54) is 148 Å². The lowest BCUT2D eigenvalue weighted by molar-refractivity contribution is -0.151. The van der Waals surface area contributed by atoms with Gasteiger partial charge in [-0.2, -0.15) is 0 Å². The number of hydrogen-bond donors (Lipinski definition) is 3. The number of aliphatic hydroxyl groups is 2. The zero-order valence-electron chi connectivity index (χ0n) is 40.1. The maximum atomic E-state index is 13.2. The number of amides is 1. The molecule has 3 N–H and O–H groups in total. The molecule has 0 saturated carbocycles. The molecule has 0 aliphatic heterocycles. The van der Waals surface area contributed by atoms with Gasteiger partial charge in [0.15, 0.2) is 0 Å². The molecule has 3 unspecified atom stereocenters. The number of unbranched alkanes of at least 4 members (excludes halogenated alkanes) is 29. The third kappa shape index (κ3) is 42.8. The summed E-state index contributed by atoms with van der Waals surface area (Å²) in [5.74, 6) is -0.489. The SMILES string of the molecule is CCCC/C=C\CCCCCC(CC(=O)NC(CO)C(O)CCCCCCCCCCCCCCC)OC(=O)CCCCCCCCCCC/C=C\C/C=C\CCCCC. The second kappa shape index (κ2) is 48.1. The van der Waals surface area contributed by atoms with Crippen molar-refractivity contribution < 1.29 is 24.5 Å². The van der Waals surface area contributed by atoms with Gasteiger partial charge < -0.3 is 20.3 Å². The van der Waals surface area contributed by atoms with E-state index in [2.05, 4.69) is 62.5 Å². The average Bonchev–Trinajstić information content (AvgIpc) is 3.24. The molecule has 6 heteroatoms. The molecule has 0 heterocycles. The van der Waals surface area contributed by atoms with Gasteiger partial charge in [-0.25, -0.2) is 0 Å². The van der Waals surface area contributed by atoms with Crippen molar-refractivity contribution in [1.29, 1.82) is 0 Å². The van der Waals surface area contributed by atoms with Crippen molar-refractivity contribution in [3.63, 3.8) is 0 Å². The fourth-order valence-electron chi connectivity index (χ4n) is 7.91. The molecule has 0 aromatic heterocycles. The molecule has 0 aromatic carbocycles. The smallest absolute Gasteiger partial charge is 0.306 e. The van der Waals surface area contributed by atoms with Crippen molar-refractivity contribution in [3.8, 4) is 0 Å². The van der Waals surface area contributed by atoms with E-state index in [9.17, 15) is 19.8 Å². The van der Waals surface area contributed by atoms with Gasteiger partial charge in [0, 0.05) is 6.42 Å². The molecule has 0 aromatic rings. The lowest BCUT2D eigenvalue weighted by Crippen LogP contribution is -2.46. The standard InChI is InChI=1S/C54H101NO5/c1-4-7-10-13-16-19-21-23-24-25-26-27-28-30-32-35-38-41-44-47-54(59)60-50(45-42-39-36-33-18-15-12-9-6-3)48-53(58)55-51(49-56)52(57)46-43-40-37-34-31-29-22-20-17-14-11-8-5-2/h15-16,18-19,23-24,50-52,56-57H,4-14,17,20-22,25-49H2,1-3H3,(H,55,58)/b18-15-,19-16-,24-23-. The lowest BCUT2D eigenvalue weighted by Gasteiger charge is -2.24. The van der Waals surface area contributed by atoms with E-state index in [0.717, 1.165) is 77.0 Å². The van der Waals surface area contributed by atoms with E-state index in [0.29, 0.717) is 19.3 Å². The van der Waals surface area contributed by atoms with Gasteiger partial charge in [0.25, 0.3) is 0 Å². The van der Waals surface area contributed by atoms with Crippen molar-refractivity contribution in [2.45, 2.75) is 289 Å². The Morgan fingerprint density at radius 3 is 1.38 bits per heavy atom. The molecule has 1 amide bonds. The number of ether oxygens (including phenoxy) is 1. The highest BCUT2D eigenvalue weighted by Crippen LogP contribution is 2.18. The number of hydrogen-bond acceptors (Lipinski definition) is 5. The molecular weight excluding hydrogens is 743 g/mol. The Balaban J connectivity index is 4.42. The molecule has 0 rings (SSSR count). The van der Waals surface area contributed by atoms with E-state index in [1.807, 2.05) is 0 Å². The van der Waals surface area contributed by atoms with Crippen LogP contribution in [0.15, 0.2) is 36.5 Å². The van der Waals surface area contributed by atoms with Crippen LogP contribution in [0.2, 0.25) is 0 Å². The topological polar surface area (TPSA) is 95.9 Å². The summed E-state index contributed by atoms with van der Waals surface area (Å²) in [4.78, 5) is 26.1. The maximum absolute atomic E-state index is 13.2. The number of nitrogens with one attached hydrogen (secondary N) is 1. The van der Waals surface area contributed by atoms with Gasteiger partial charge in [-0.1, -0.05) is 218 Å². The molecule has 0 aliphatic rings. The van der Waals surface area contributed by atoms with Gasteiger partial charge in [-0.3, -0.25) is 9.59 Å². The predicted octanol–water partition coefficient (Wildman–Crippen LogP) is 15.7. The molecule has 352 valence electrons. The molecule has 0 aliphatic carbocycles. The number of esters is 1. The molecule has 0 radical (unpaired) electrons. The van der Waals surface area contributed by atoms with Crippen LogP contribution >= 0.6 is 0 Å². The minimum absolute atomic E-state index is 0.0669. The van der Waals surface area contributed by atoms with Crippen molar-refractivity contribution in [3.05, 3.63) is 36.5 Å². The summed E-state index contributed by atoms with van der Waals surface area (Å²) in [6.07, 6.45) is 56.4. The van der Waals surface area contributed by atoms with Crippen LogP contribution in [0.5, 0.6) is 0 Å². The van der Waals surface area contributed by atoms with Crippen LogP contribution < -0.4 is 5.32 Å². The zero-order chi connectivity index (χ0) is 43.8. The highest BCUT2D eigenvalue weighted by atomic mass is 16.5. The molecule has 0 saturated heterocycles. The first-order valence-corrected chi connectivity index (χ1v) is 26.2. The normalized spacial score (nSPS) is 13.5. The summed E-state index contributed by atoms with van der Waals surface area (Å²) in [7, 11) is 0. The Morgan fingerprint density at radius 1 is 0.483 bits per heavy atom. The molecule has 60 heavy (non-hydrogen) atoms. The molecule has 0 bridgehead atoms. The minimum atomic E-state index is -0.789. The second-order valence-electron chi connectivity index (χ2n) is 17.9. The van der Waals surface area contributed by atoms with Gasteiger partial charge in [0.05, 0.1) is 25.2 Å². The van der Waals surface area contributed by atoms with Crippen LogP contribution in [0.4, 0.5) is 0 Å². The fraction of sp³-hybridized carbons (Fsp3) is 0.852. The van der Waals surface area contributed by atoms with Crippen molar-refractivity contribution >= 4 is 11.9 Å². The van der Waals surface area contributed by atoms with Gasteiger partial charge in [0.2, 0.25) is 5.91 Å². The van der Waals surface area contributed by atoms with Crippen LogP contribution in [0.1, 0.15) is 271 Å². The summed E-state index contributed by atoms with van der Waals surface area (Å²) in [6.45, 7) is 6.42. The number of aliphatic hydroxyl groups excluding tert-OH is 2. The largest absolute Gasteiger partial charge is 0.462 e. The van der Waals surface area contributed by atoms with E-state index in [4.69, 9.17) is 4.74 Å². The average molecular weight is 844 g/mol. The highest BCUT2D eigenvalue weighted by molar-refractivity contribution is 5.77. The van der Waals surface area contributed by atoms with Crippen LogP contribution in [-0.4, -0.2) is 46.9 Å².